The van der Waals surface area contributed by atoms with Gasteiger partial charge in [0, 0.05) is 12.6 Å². The van der Waals surface area contributed by atoms with E-state index in [1.807, 2.05) is 35.7 Å². The summed E-state index contributed by atoms with van der Waals surface area (Å²) >= 11 is 1.55. The van der Waals surface area contributed by atoms with Gasteiger partial charge in [-0.15, -0.1) is 11.3 Å². The molecule has 0 aliphatic heterocycles. The summed E-state index contributed by atoms with van der Waals surface area (Å²) in [6.45, 7) is 6.45. The number of ether oxygens (including phenoxy) is 1. The molecule has 1 atom stereocenters. The molecule has 148 valence electrons. The second-order valence-electron chi connectivity index (χ2n) is 6.28. The zero-order valence-electron chi connectivity index (χ0n) is 16.3. The number of aromatic nitrogens is 1. The van der Waals surface area contributed by atoms with Crippen molar-refractivity contribution in [3.63, 3.8) is 0 Å². The lowest BCUT2D eigenvalue weighted by Gasteiger charge is -2.30. The molecule has 3 aromatic rings. The minimum Gasteiger partial charge on any atom is -0.497 e. The summed E-state index contributed by atoms with van der Waals surface area (Å²) in [7, 11) is 1.66. The fraction of sp³-hybridized carbons (Fsp3) is 0.333. The number of hydrogen-bond donors (Lipinski definition) is 1. The molecule has 1 aromatic carbocycles. The second-order valence-corrected chi connectivity index (χ2v) is 7.23. The van der Waals surface area contributed by atoms with Gasteiger partial charge in [0.25, 0.3) is 5.91 Å². The third kappa shape index (κ3) is 4.61. The van der Waals surface area contributed by atoms with Crippen LogP contribution in [0.25, 0.3) is 10.6 Å². The summed E-state index contributed by atoms with van der Waals surface area (Å²) in [5.41, 5.74) is 1.38. The van der Waals surface area contributed by atoms with Crippen LogP contribution >= 0.6 is 11.3 Å². The van der Waals surface area contributed by atoms with Crippen LogP contribution in [0.4, 0.5) is 0 Å². The lowest BCUT2D eigenvalue weighted by molar-refractivity contribution is 0.0926. The van der Waals surface area contributed by atoms with Crippen molar-refractivity contribution >= 4 is 17.2 Å². The first-order valence-corrected chi connectivity index (χ1v) is 10.2. The zero-order chi connectivity index (χ0) is 19.9. The second kappa shape index (κ2) is 9.52. The van der Waals surface area contributed by atoms with Crippen molar-refractivity contribution in [2.24, 2.45) is 0 Å². The highest BCUT2D eigenvalue weighted by atomic mass is 32.1. The van der Waals surface area contributed by atoms with Crippen LogP contribution in [-0.4, -0.2) is 42.7 Å². The summed E-state index contributed by atoms with van der Waals surface area (Å²) in [5.74, 6) is 1.16. The lowest BCUT2D eigenvalue weighted by Crippen LogP contribution is -2.38. The molecule has 0 aliphatic carbocycles. The summed E-state index contributed by atoms with van der Waals surface area (Å²) in [6.07, 6.45) is 0. The molecule has 0 fully saturated rings. The number of thiophene rings is 1. The van der Waals surface area contributed by atoms with Crippen molar-refractivity contribution < 1.29 is 14.1 Å². The molecule has 6 nitrogen and oxygen atoms in total. The Kier molecular flexibility index (Phi) is 6.84. The molecule has 0 radical (unpaired) electrons. The fourth-order valence-electron chi connectivity index (χ4n) is 3.17. The number of amides is 1. The van der Waals surface area contributed by atoms with E-state index in [0.717, 1.165) is 29.3 Å². The van der Waals surface area contributed by atoms with Crippen LogP contribution in [0.2, 0.25) is 0 Å². The quantitative estimate of drug-likeness (QED) is 0.583. The van der Waals surface area contributed by atoms with Gasteiger partial charge in [-0.05, 0) is 42.2 Å². The molecule has 28 heavy (non-hydrogen) atoms. The number of carbonyl (C=O) groups is 1. The van der Waals surface area contributed by atoms with Crippen LogP contribution in [0.3, 0.4) is 0 Å². The van der Waals surface area contributed by atoms with Gasteiger partial charge in [0.2, 0.25) is 0 Å². The standard InChI is InChI=1S/C21H25N3O3S/c1-4-24(5-2)18(15-8-6-9-16(12-15)26-3)14-22-21(25)17-13-19(27-23-17)20-10-7-11-28-20/h6-13,18H,4-5,14H2,1-3H3,(H,22,25). The fourth-order valence-corrected chi connectivity index (χ4v) is 3.84. The average molecular weight is 400 g/mol. The van der Waals surface area contributed by atoms with E-state index < -0.39 is 0 Å². The first-order chi connectivity index (χ1) is 13.7. The summed E-state index contributed by atoms with van der Waals surface area (Å²) in [4.78, 5) is 15.9. The van der Waals surface area contributed by atoms with Gasteiger partial charge in [-0.2, -0.15) is 0 Å². The molecule has 1 unspecified atom stereocenters. The summed E-state index contributed by atoms with van der Waals surface area (Å²) < 4.78 is 10.7. The molecule has 0 bridgehead atoms. The lowest BCUT2D eigenvalue weighted by atomic mass is 10.0. The van der Waals surface area contributed by atoms with E-state index in [0.29, 0.717) is 12.3 Å². The number of nitrogens with one attached hydrogen (secondary N) is 1. The monoisotopic (exact) mass is 399 g/mol. The van der Waals surface area contributed by atoms with Crippen LogP contribution < -0.4 is 10.1 Å². The van der Waals surface area contributed by atoms with Gasteiger partial charge in [0.1, 0.15) is 5.75 Å². The van der Waals surface area contributed by atoms with Crippen LogP contribution in [0.5, 0.6) is 5.75 Å². The van der Waals surface area contributed by atoms with Crippen molar-refractivity contribution in [1.29, 1.82) is 0 Å². The maximum absolute atomic E-state index is 12.6. The molecule has 0 saturated heterocycles. The van der Waals surface area contributed by atoms with E-state index in [1.165, 1.54) is 0 Å². The van der Waals surface area contributed by atoms with Crippen molar-refractivity contribution in [2.45, 2.75) is 19.9 Å². The first-order valence-electron chi connectivity index (χ1n) is 9.33. The Morgan fingerprint density at radius 1 is 1.25 bits per heavy atom. The van der Waals surface area contributed by atoms with E-state index in [4.69, 9.17) is 9.26 Å². The Morgan fingerprint density at radius 2 is 2.07 bits per heavy atom. The van der Waals surface area contributed by atoms with Gasteiger partial charge in [-0.3, -0.25) is 9.69 Å². The SMILES string of the molecule is CCN(CC)C(CNC(=O)c1cc(-c2cccs2)on1)c1cccc(OC)c1. The minimum absolute atomic E-state index is 0.0396. The first kappa shape index (κ1) is 20.1. The average Bonchev–Trinajstić information content (AvgIpc) is 3.42. The van der Waals surface area contributed by atoms with Gasteiger partial charge >= 0.3 is 0 Å². The molecule has 1 N–H and O–H groups in total. The Bertz CT molecular complexity index is 888. The van der Waals surface area contributed by atoms with E-state index in [-0.39, 0.29) is 17.6 Å². The molecule has 2 heterocycles. The van der Waals surface area contributed by atoms with Crippen LogP contribution in [0.15, 0.2) is 52.4 Å². The molecular weight excluding hydrogens is 374 g/mol. The third-order valence-electron chi connectivity index (χ3n) is 4.69. The highest BCUT2D eigenvalue weighted by molar-refractivity contribution is 7.13. The Hall–Kier alpha value is -2.64. The molecule has 3 rings (SSSR count). The maximum atomic E-state index is 12.6. The smallest absolute Gasteiger partial charge is 0.273 e. The number of carbonyl (C=O) groups excluding carboxylic acids is 1. The van der Waals surface area contributed by atoms with E-state index in [9.17, 15) is 4.79 Å². The number of methoxy groups -OCH3 is 1. The van der Waals surface area contributed by atoms with E-state index in [1.54, 1.807) is 24.5 Å². The van der Waals surface area contributed by atoms with Crippen molar-refractivity contribution in [3.05, 3.63) is 59.1 Å². The normalized spacial score (nSPS) is 12.1. The largest absolute Gasteiger partial charge is 0.497 e. The molecule has 0 saturated carbocycles. The molecular formula is C21H25N3O3S. The number of rotatable bonds is 9. The Morgan fingerprint density at radius 3 is 2.75 bits per heavy atom. The predicted octanol–water partition coefficient (Wildman–Crippen LogP) is 4.22. The van der Waals surface area contributed by atoms with Gasteiger partial charge in [-0.1, -0.05) is 37.2 Å². The molecule has 0 aliphatic rings. The Labute approximate surface area is 169 Å². The minimum atomic E-state index is -0.244. The molecule has 2 aromatic heterocycles. The molecule has 1 amide bonds. The van der Waals surface area contributed by atoms with Crippen molar-refractivity contribution in [2.75, 3.05) is 26.7 Å². The topological polar surface area (TPSA) is 67.6 Å². The van der Waals surface area contributed by atoms with Crippen LogP contribution in [0, 0.1) is 0 Å². The predicted molar refractivity (Wildman–Crippen MR) is 111 cm³/mol. The van der Waals surface area contributed by atoms with Gasteiger partial charge in [-0.25, -0.2) is 0 Å². The zero-order valence-corrected chi connectivity index (χ0v) is 17.2. The van der Waals surface area contributed by atoms with Gasteiger partial charge in [0.15, 0.2) is 11.5 Å². The number of hydrogen-bond acceptors (Lipinski definition) is 6. The summed E-state index contributed by atoms with van der Waals surface area (Å²) in [5, 5.41) is 8.88. The Balaban J connectivity index is 1.73. The van der Waals surface area contributed by atoms with Crippen molar-refractivity contribution in [3.8, 4) is 16.4 Å². The maximum Gasteiger partial charge on any atom is 0.273 e. The highest BCUT2D eigenvalue weighted by Gasteiger charge is 2.21. The number of nitrogens with zero attached hydrogens (tertiary/aromatic N) is 2. The molecule has 0 spiro atoms. The summed E-state index contributed by atoms with van der Waals surface area (Å²) in [6, 6.07) is 13.6. The van der Waals surface area contributed by atoms with E-state index in [2.05, 4.69) is 35.3 Å². The third-order valence-corrected chi connectivity index (χ3v) is 5.58. The van der Waals surface area contributed by atoms with Gasteiger partial charge in [0.05, 0.1) is 18.0 Å². The number of benzene rings is 1. The van der Waals surface area contributed by atoms with Crippen LogP contribution in [-0.2, 0) is 0 Å². The molecule has 7 heteroatoms. The van der Waals surface area contributed by atoms with Gasteiger partial charge < -0.3 is 14.6 Å². The van der Waals surface area contributed by atoms with Crippen molar-refractivity contribution in [1.82, 2.24) is 15.4 Å². The van der Waals surface area contributed by atoms with E-state index >= 15 is 0 Å². The highest BCUT2D eigenvalue weighted by Crippen LogP contribution is 2.26. The van der Waals surface area contributed by atoms with Crippen LogP contribution in [0.1, 0.15) is 35.9 Å². The number of likely N-dealkylation sites (N-methyl/N-ethyl adjacent to an activating group) is 1.